The Kier molecular flexibility index (Phi) is 4.59. The van der Waals surface area contributed by atoms with E-state index < -0.39 is 5.67 Å². The lowest BCUT2D eigenvalue weighted by Crippen LogP contribution is -2.43. The van der Waals surface area contributed by atoms with Crippen molar-refractivity contribution >= 4 is 11.6 Å². The normalized spacial score (nSPS) is 17.2. The van der Waals surface area contributed by atoms with Crippen LogP contribution < -0.4 is 5.32 Å². The van der Waals surface area contributed by atoms with Gasteiger partial charge >= 0.3 is 0 Å². The first-order valence-corrected chi connectivity index (χ1v) is 7.71. The summed E-state index contributed by atoms with van der Waals surface area (Å²) in [5, 5.41) is 3.19. The molecule has 0 atom stereocenters. The van der Waals surface area contributed by atoms with Gasteiger partial charge in [-0.25, -0.2) is 4.39 Å². The highest BCUT2D eigenvalue weighted by Crippen LogP contribution is 2.28. The van der Waals surface area contributed by atoms with Gasteiger partial charge in [-0.1, -0.05) is 12.6 Å². The van der Waals surface area contributed by atoms with Crippen molar-refractivity contribution < 1.29 is 9.18 Å². The van der Waals surface area contributed by atoms with Crippen LogP contribution in [0.1, 0.15) is 48.2 Å². The van der Waals surface area contributed by atoms with Gasteiger partial charge in [0.25, 0.3) is 5.91 Å². The van der Waals surface area contributed by atoms with Crippen molar-refractivity contribution in [3.8, 4) is 0 Å². The molecule has 2 rings (SSSR count). The summed E-state index contributed by atoms with van der Waals surface area (Å²) in [4.78, 5) is 14.5. The number of halogens is 1. The van der Waals surface area contributed by atoms with Gasteiger partial charge in [-0.15, -0.1) is 0 Å². The predicted octanol–water partition coefficient (Wildman–Crippen LogP) is 4.21. The molecule has 1 aliphatic rings. The molecular formula is C18H25FN2O. The lowest BCUT2D eigenvalue weighted by atomic mass is 9.94. The number of nitrogens with one attached hydrogen (secondary N) is 1. The number of carbonyl (C=O) groups is 1. The highest BCUT2D eigenvalue weighted by atomic mass is 19.1. The van der Waals surface area contributed by atoms with Gasteiger partial charge in [-0.3, -0.25) is 4.79 Å². The number of hydrogen-bond donors (Lipinski definition) is 1. The summed E-state index contributed by atoms with van der Waals surface area (Å²) in [5.41, 5.74) is 3.28. The summed E-state index contributed by atoms with van der Waals surface area (Å²) in [6, 6.07) is 3.88. The van der Waals surface area contributed by atoms with E-state index in [0.29, 0.717) is 31.5 Å². The monoisotopic (exact) mass is 304 g/mol. The molecule has 0 radical (unpaired) electrons. The van der Waals surface area contributed by atoms with E-state index in [2.05, 4.69) is 11.9 Å². The van der Waals surface area contributed by atoms with E-state index in [1.54, 1.807) is 11.8 Å². The number of aryl methyl sites for hydroxylation is 2. The number of hydrogen-bond acceptors (Lipinski definition) is 2. The van der Waals surface area contributed by atoms with Crippen LogP contribution in [-0.4, -0.2) is 29.6 Å². The zero-order valence-corrected chi connectivity index (χ0v) is 13.9. The van der Waals surface area contributed by atoms with Crippen LogP contribution in [0.2, 0.25) is 0 Å². The van der Waals surface area contributed by atoms with E-state index in [1.165, 1.54) is 0 Å². The summed E-state index contributed by atoms with van der Waals surface area (Å²) < 4.78 is 13.9. The average molecular weight is 304 g/mol. The minimum absolute atomic E-state index is 0.0160. The Labute approximate surface area is 132 Å². The summed E-state index contributed by atoms with van der Waals surface area (Å²) in [7, 11) is 0. The lowest BCUT2D eigenvalue weighted by Gasteiger charge is -2.34. The Morgan fingerprint density at radius 2 is 1.86 bits per heavy atom. The van der Waals surface area contributed by atoms with Gasteiger partial charge in [0.05, 0.1) is 0 Å². The zero-order valence-electron chi connectivity index (χ0n) is 13.9. The molecular weight excluding hydrogens is 279 g/mol. The Hall–Kier alpha value is -1.84. The van der Waals surface area contributed by atoms with Gasteiger partial charge in [0.1, 0.15) is 5.67 Å². The number of piperidine rings is 1. The molecule has 1 fully saturated rings. The molecule has 0 spiro atoms. The number of nitrogens with zero attached hydrogens (tertiary/aromatic N) is 1. The smallest absolute Gasteiger partial charge is 0.254 e. The maximum atomic E-state index is 13.9. The predicted molar refractivity (Wildman–Crippen MR) is 89.0 cm³/mol. The first-order chi connectivity index (χ1) is 10.2. The van der Waals surface area contributed by atoms with E-state index in [1.807, 2.05) is 32.9 Å². The molecule has 1 aromatic carbocycles. The van der Waals surface area contributed by atoms with Gasteiger partial charge < -0.3 is 10.2 Å². The van der Waals surface area contributed by atoms with Crippen LogP contribution in [0.3, 0.4) is 0 Å². The molecule has 1 saturated heterocycles. The van der Waals surface area contributed by atoms with Crippen LogP contribution in [-0.2, 0) is 0 Å². The second-order valence-corrected chi connectivity index (χ2v) is 6.59. The minimum atomic E-state index is -1.15. The first-order valence-electron chi connectivity index (χ1n) is 7.71. The molecule has 3 nitrogen and oxygen atoms in total. The van der Waals surface area contributed by atoms with Crippen LogP contribution >= 0.6 is 0 Å². The molecule has 22 heavy (non-hydrogen) atoms. The maximum Gasteiger partial charge on any atom is 0.254 e. The molecule has 1 heterocycles. The molecule has 1 aliphatic heterocycles. The van der Waals surface area contributed by atoms with Crippen LogP contribution in [0.4, 0.5) is 10.1 Å². The molecule has 0 unspecified atom stereocenters. The van der Waals surface area contributed by atoms with E-state index in [-0.39, 0.29) is 5.91 Å². The van der Waals surface area contributed by atoms with Crippen molar-refractivity contribution in [1.82, 2.24) is 4.90 Å². The Morgan fingerprint density at radius 3 is 2.41 bits per heavy atom. The summed E-state index contributed by atoms with van der Waals surface area (Å²) in [6.07, 6.45) is 0.807. The van der Waals surface area contributed by atoms with E-state index in [4.69, 9.17) is 0 Å². The third-order valence-electron chi connectivity index (χ3n) is 4.24. The number of amides is 1. The SMILES string of the molecule is C=C(C)Nc1cc(C(=O)N2CCC(C)(F)CC2)c(C)cc1C. The molecule has 0 bridgehead atoms. The molecule has 1 aromatic rings. The van der Waals surface area contributed by atoms with Gasteiger partial charge in [-0.2, -0.15) is 0 Å². The zero-order chi connectivity index (χ0) is 16.5. The molecule has 1 amide bonds. The third-order valence-corrected chi connectivity index (χ3v) is 4.24. The van der Waals surface area contributed by atoms with Crippen molar-refractivity contribution in [2.45, 2.75) is 46.2 Å². The molecule has 0 saturated carbocycles. The summed E-state index contributed by atoms with van der Waals surface area (Å²) in [6.45, 7) is 12.2. The fourth-order valence-corrected chi connectivity index (χ4v) is 2.79. The standard InChI is InChI=1S/C18H25FN2O/c1-12(2)20-16-11-15(13(3)10-14(16)4)17(22)21-8-6-18(5,19)7-9-21/h10-11,20H,1,6-9H2,2-5H3. The highest BCUT2D eigenvalue weighted by Gasteiger charge is 2.32. The van der Waals surface area contributed by atoms with Crippen LogP contribution in [0.15, 0.2) is 24.4 Å². The second-order valence-electron chi connectivity index (χ2n) is 6.59. The van der Waals surface area contributed by atoms with Crippen molar-refractivity contribution in [1.29, 1.82) is 0 Å². The van der Waals surface area contributed by atoms with Gasteiger partial charge in [0, 0.05) is 30.0 Å². The molecule has 4 heteroatoms. The van der Waals surface area contributed by atoms with Crippen molar-refractivity contribution in [3.05, 3.63) is 41.1 Å². The molecule has 0 aliphatic carbocycles. The number of anilines is 1. The number of carbonyl (C=O) groups excluding carboxylic acids is 1. The van der Waals surface area contributed by atoms with Gasteiger partial charge in [0.15, 0.2) is 0 Å². The first kappa shape index (κ1) is 16.5. The molecule has 0 aromatic heterocycles. The Bertz CT molecular complexity index is 597. The topological polar surface area (TPSA) is 32.3 Å². The average Bonchev–Trinajstić information content (AvgIpc) is 2.40. The van der Waals surface area contributed by atoms with Crippen LogP contribution in [0.25, 0.3) is 0 Å². The number of benzene rings is 1. The lowest BCUT2D eigenvalue weighted by molar-refractivity contribution is 0.0503. The minimum Gasteiger partial charge on any atom is -0.359 e. The van der Waals surface area contributed by atoms with Gasteiger partial charge in [-0.05, 0) is 57.7 Å². The molecule has 120 valence electrons. The van der Waals surface area contributed by atoms with Crippen molar-refractivity contribution in [2.24, 2.45) is 0 Å². The molecule has 1 N–H and O–H groups in total. The summed E-state index contributed by atoms with van der Waals surface area (Å²) >= 11 is 0. The van der Waals surface area contributed by atoms with E-state index >= 15 is 0 Å². The summed E-state index contributed by atoms with van der Waals surface area (Å²) in [5.74, 6) is -0.0160. The quantitative estimate of drug-likeness (QED) is 0.907. The van der Waals surface area contributed by atoms with E-state index in [9.17, 15) is 9.18 Å². The van der Waals surface area contributed by atoms with Gasteiger partial charge in [0.2, 0.25) is 0 Å². The van der Waals surface area contributed by atoms with Crippen molar-refractivity contribution in [2.75, 3.05) is 18.4 Å². The number of alkyl halides is 1. The Morgan fingerprint density at radius 1 is 1.27 bits per heavy atom. The fourth-order valence-electron chi connectivity index (χ4n) is 2.79. The number of allylic oxidation sites excluding steroid dienone is 1. The van der Waals surface area contributed by atoms with Crippen molar-refractivity contribution in [3.63, 3.8) is 0 Å². The second kappa shape index (κ2) is 6.11. The number of likely N-dealkylation sites (tertiary alicyclic amines) is 1. The third kappa shape index (κ3) is 3.67. The Balaban J connectivity index is 2.24. The van der Waals surface area contributed by atoms with E-state index in [0.717, 1.165) is 22.5 Å². The number of rotatable bonds is 3. The van der Waals surface area contributed by atoms with Crippen LogP contribution in [0.5, 0.6) is 0 Å². The highest BCUT2D eigenvalue weighted by molar-refractivity contribution is 5.97. The largest absolute Gasteiger partial charge is 0.359 e. The maximum absolute atomic E-state index is 13.9. The van der Waals surface area contributed by atoms with Crippen LogP contribution in [0, 0.1) is 13.8 Å². The fraction of sp³-hybridized carbons (Fsp3) is 0.500.